The minimum Gasteiger partial charge on any atom is -0.497 e. The van der Waals surface area contributed by atoms with Crippen molar-refractivity contribution < 1.29 is 14.3 Å². The van der Waals surface area contributed by atoms with Gasteiger partial charge in [0.15, 0.2) is 0 Å². The van der Waals surface area contributed by atoms with Gasteiger partial charge in [-0.3, -0.25) is 4.79 Å². The molecule has 2 N–H and O–H groups in total. The van der Waals surface area contributed by atoms with Gasteiger partial charge in [-0.2, -0.15) is 5.26 Å². The summed E-state index contributed by atoms with van der Waals surface area (Å²) in [5.74, 6) is 1.44. The largest absolute Gasteiger partial charge is 0.497 e. The second-order valence-electron chi connectivity index (χ2n) is 5.77. The third-order valence-corrected chi connectivity index (χ3v) is 3.94. The van der Waals surface area contributed by atoms with Gasteiger partial charge in [-0.05, 0) is 42.5 Å². The van der Waals surface area contributed by atoms with Crippen LogP contribution in [0.2, 0.25) is 0 Å². The number of amides is 1. The van der Waals surface area contributed by atoms with Crippen LogP contribution in [0.1, 0.15) is 15.9 Å². The van der Waals surface area contributed by atoms with Gasteiger partial charge >= 0.3 is 0 Å². The average Bonchev–Trinajstić information content (AvgIpc) is 2.74. The minimum atomic E-state index is -0.303. The summed E-state index contributed by atoms with van der Waals surface area (Å²) in [5, 5.41) is 14.9. The van der Waals surface area contributed by atoms with Gasteiger partial charge in [0.1, 0.15) is 17.3 Å². The number of ether oxygens (including phenoxy) is 2. The second-order valence-corrected chi connectivity index (χ2v) is 5.77. The molecular weight excluding hydrogens is 356 g/mol. The molecule has 0 spiro atoms. The van der Waals surface area contributed by atoms with E-state index in [1.54, 1.807) is 75.0 Å². The Morgan fingerprint density at radius 3 is 2.68 bits per heavy atom. The molecule has 1 amide bonds. The molecule has 7 nitrogen and oxygen atoms in total. The van der Waals surface area contributed by atoms with E-state index in [2.05, 4.69) is 15.6 Å². The Morgan fingerprint density at radius 2 is 1.93 bits per heavy atom. The molecule has 0 aliphatic carbocycles. The molecule has 3 rings (SSSR count). The smallest absolute Gasteiger partial charge is 0.255 e. The highest BCUT2D eigenvalue weighted by Crippen LogP contribution is 2.31. The number of hydrogen-bond acceptors (Lipinski definition) is 6. The zero-order chi connectivity index (χ0) is 19.9. The molecule has 1 aromatic heterocycles. The van der Waals surface area contributed by atoms with E-state index in [-0.39, 0.29) is 5.91 Å². The number of rotatable bonds is 6. The number of carbonyl (C=O) groups excluding carboxylic acids is 1. The molecule has 0 aliphatic heterocycles. The molecule has 2 aromatic carbocycles. The van der Waals surface area contributed by atoms with E-state index in [0.717, 1.165) is 0 Å². The van der Waals surface area contributed by atoms with Gasteiger partial charge in [0.25, 0.3) is 5.91 Å². The van der Waals surface area contributed by atoms with Crippen molar-refractivity contribution in [3.8, 4) is 17.6 Å². The molecule has 0 fully saturated rings. The fourth-order valence-electron chi connectivity index (χ4n) is 2.55. The maximum atomic E-state index is 12.5. The molecule has 0 atom stereocenters. The van der Waals surface area contributed by atoms with E-state index in [1.807, 2.05) is 6.07 Å². The van der Waals surface area contributed by atoms with Crippen molar-refractivity contribution in [1.29, 1.82) is 5.26 Å². The van der Waals surface area contributed by atoms with Crippen molar-refractivity contribution in [2.75, 3.05) is 24.9 Å². The number of methoxy groups -OCH3 is 2. The minimum absolute atomic E-state index is 0.303. The van der Waals surface area contributed by atoms with E-state index >= 15 is 0 Å². The number of carbonyl (C=O) groups is 1. The van der Waals surface area contributed by atoms with Gasteiger partial charge < -0.3 is 20.1 Å². The van der Waals surface area contributed by atoms with Crippen LogP contribution >= 0.6 is 0 Å². The lowest BCUT2D eigenvalue weighted by Crippen LogP contribution is -2.12. The Labute approximate surface area is 162 Å². The van der Waals surface area contributed by atoms with Crippen LogP contribution in [-0.4, -0.2) is 25.1 Å². The Bertz CT molecular complexity index is 1040. The summed E-state index contributed by atoms with van der Waals surface area (Å²) >= 11 is 0. The summed E-state index contributed by atoms with van der Waals surface area (Å²) in [7, 11) is 3.14. The number of hydrogen-bond donors (Lipinski definition) is 2. The normalized spacial score (nSPS) is 9.89. The first-order chi connectivity index (χ1) is 13.6. The van der Waals surface area contributed by atoms with Crippen LogP contribution in [0.25, 0.3) is 0 Å². The van der Waals surface area contributed by atoms with Gasteiger partial charge in [0.2, 0.25) is 0 Å². The predicted octanol–water partition coefficient (Wildman–Crippen LogP) is 3.97. The molecule has 0 saturated heterocycles. The molecule has 0 radical (unpaired) electrons. The average molecular weight is 374 g/mol. The van der Waals surface area contributed by atoms with Gasteiger partial charge in [-0.15, -0.1) is 0 Å². The summed E-state index contributed by atoms with van der Waals surface area (Å²) < 4.78 is 10.6. The standard InChI is InChI=1S/C21H18N4O3/c1-27-17-6-7-18(19(12-17)28-2)25-20-11-15(8-9-23-20)21(26)24-16-5-3-4-14(10-16)13-22/h3-12H,1-2H3,(H,23,25)(H,24,26). The Morgan fingerprint density at radius 1 is 1.07 bits per heavy atom. The van der Waals surface area contributed by atoms with E-state index < -0.39 is 0 Å². The lowest BCUT2D eigenvalue weighted by atomic mass is 10.2. The molecule has 0 bridgehead atoms. The van der Waals surface area contributed by atoms with Crippen LogP contribution in [0.3, 0.4) is 0 Å². The third-order valence-electron chi connectivity index (χ3n) is 3.94. The fourth-order valence-corrected chi connectivity index (χ4v) is 2.55. The van der Waals surface area contributed by atoms with E-state index in [9.17, 15) is 4.79 Å². The number of benzene rings is 2. The van der Waals surface area contributed by atoms with Crippen molar-refractivity contribution in [2.45, 2.75) is 0 Å². The number of nitrogens with one attached hydrogen (secondary N) is 2. The SMILES string of the molecule is COc1ccc(Nc2cc(C(=O)Nc3cccc(C#N)c3)ccn2)c(OC)c1. The molecule has 28 heavy (non-hydrogen) atoms. The molecule has 140 valence electrons. The number of pyridine rings is 1. The maximum Gasteiger partial charge on any atom is 0.255 e. The number of aromatic nitrogens is 1. The first-order valence-electron chi connectivity index (χ1n) is 8.39. The molecule has 0 saturated carbocycles. The number of nitrogens with zero attached hydrogens (tertiary/aromatic N) is 2. The van der Waals surface area contributed by atoms with Crippen molar-refractivity contribution in [3.63, 3.8) is 0 Å². The first-order valence-corrected chi connectivity index (χ1v) is 8.39. The van der Waals surface area contributed by atoms with Crippen molar-refractivity contribution in [1.82, 2.24) is 4.98 Å². The summed E-state index contributed by atoms with van der Waals surface area (Å²) in [6, 6.07) is 17.4. The van der Waals surface area contributed by atoms with Crippen LogP contribution in [0, 0.1) is 11.3 Å². The summed E-state index contributed by atoms with van der Waals surface area (Å²) in [4.78, 5) is 16.8. The third kappa shape index (κ3) is 4.37. The number of nitriles is 1. The van der Waals surface area contributed by atoms with Crippen LogP contribution in [-0.2, 0) is 0 Å². The maximum absolute atomic E-state index is 12.5. The summed E-state index contributed by atoms with van der Waals surface area (Å²) in [5.41, 5.74) is 2.14. The number of anilines is 3. The highest BCUT2D eigenvalue weighted by molar-refractivity contribution is 6.04. The lowest BCUT2D eigenvalue weighted by Gasteiger charge is -2.12. The zero-order valence-corrected chi connectivity index (χ0v) is 15.4. The second kappa shape index (κ2) is 8.56. The van der Waals surface area contributed by atoms with Crippen LogP contribution < -0.4 is 20.1 Å². The van der Waals surface area contributed by atoms with Gasteiger partial charge in [0.05, 0.1) is 31.5 Å². The Kier molecular flexibility index (Phi) is 5.72. The topological polar surface area (TPSA) is 96.3 Å². The van der Waals surface area contributed by atoms with Crippen LogP contribution in [0.15, 0.2) is 60.8 Å². The van der Waals surface area contributed by atoms with Crippen LogP contribution in [0.4, 0.5) is 17.2 Å². The molecule has 0 aliphatic rings. The quantitative estimate of drug-likeness (QED) is 0.678. The van der Waals surface area contributed by atoms with E-state index in [4.69, 9.17) is 14.7 Å². The van der Waals surface area contributed by atoms with E-state index in [0.29, 0.717) is 39.8 Å². The van der Waals surface area contributed by atoms with Gasteiger partial charge in [0, 0.05) is 23.5 Å². The van der Waals surface area contributed by atoms with Gasteiger partial charge in [-0.25, -0.2) is 4.98 Å². The van der Waals surface area contributed by atoms with Crippen LogP contribution in [0.5, 0.6) is 11.5 Å². The monoisotopic (exact) mass is 374 g/mol. The van der Waals surface area contributed by atoms with E-state index in [1.165, 1.54) is 0 Å². The summed E-state index contributed by atoms with van der Waals surface area (Å²) in [6.07, 6.45) is 1.54. The zero-order valence-electron chi connectivity index (χ0n) is 15.4. The summed E-state index contributed by atoms with van der Waals surface area (Å²) in [6.45, 7) is 0. The Hall–Kier alpha value is -4.05. The van der Waals surface area contributed by atoms with Crippen molar-refractivity contribution in [3.05, 3.63) is 71.9 Å². The molecule has 3 aromatic rings. The molecular formula is C21H18N4O3. The Balaban J connectivity index is 1.78. The van der Waals surface area contributed by atoms with Crippen molar-refractivity contribution in [2.24, 2.45) is 0 Å². The van der Waals surface area contributed by atoms with Crippen molar-refractivity contribution >= 4 is 23.1 Å². The molecule has 0 unspecified atom stereocenters. The predicted molar refractivity (Wildman–Crippen MR) is 106 cm³/mol. The fraction of sp³-hybridized carbons (Fsp3) is 0.0952. The highest BCUT2D eigenvalue weighted by atomic mass is 16.5. The lowest BCUT2D eigenvalue weighted by molar-refractivity contribution is 0.102. The first kappa shape index (κ1) is 18.7. The molecule has 7 heteroatoms. The molecule has 1 heterocycles. The van der Waals surface area contributed by atoms with Gasteiger partial charge in [-0.1, -0.05) is 6.07 Å². The highest BCUT2D eigenvalue weighted by Gasteiger charge is 2.10.